The van der Waals surface area contributed by atoms with Gasteiger partial charge in [0.25, 0.3) is 0 Å². The third kappa shape index (κ3) is 2.19. The number of nitrogens with one attached hydrogen (secondary N) is 2. The molecule has 0 radical (unpaired) electrons. The molecule has 1 aromatic carbocycles. The van der Waals surface area contributed by atoms with Crippen LogP contribution in [-0.4, -0.2) is 35.9 Å². The molecule has 1 heterocycles. The first-order valence-electron chi connectivity index (χ1n) is 5.56. The van der Waals surface area contributed by atoms with Gasteiger partial charge >= 0.3 is 0 Å². The predicted molar refractivity (Wildman–Crippen MR) is 62.3 cm³/mol. The topological polar surface area (TPSA) is 64.5 Å². The van der Waals surface area contributed by atoms with Gasteiger partial charge in [-0.1, -0.05) is 12.1 Å². The number of piperazine rings is 1. The third-order valence-electron chi connectivity index (χ3n) is 3.17. The Kier molecular flexibility index (Phi) is 3.14. The van der Waals surface area contributed by atoms with Gasteiger partial charge in [0.05, 0.1) is 6.04 Å². The normalized spacial score (nSPS) is 25.0. The van der Waals surface area contributed by atoms with Gasteiger partial charge < -0.3 is 20.8 Å². The molecule has 1 saturated heterocycles. The summed E-state index contributed by atoms with van der Waals surface area (Å²) in [5, 5.41) is 26.3. The van der Waals surface area contributed by atoms with Gasteiger partial charge in [-0.3, -0.25) is 0 Å². The van der Waals surface area contributed by atoms with Crippen LogP contribution < -0.4 is 10.6 Å². The SMILES string of the molecule is CC(O)(c1ccc(O)cc1)C1CNCCN1. The molecule has 0 spiro atoms. The zero-order valence-electron chi connectivity index (χ0n) is 9.40. The summed E-state index contributed by atoms with van der Waals surface area (Å²) < 4.78 is 0. The van der Waals surface area contributed by atoms with E-state index in [9.17, 15) is 10.2 Å². The number of hydrogen-bond acceptors (Lipinski definition) is 4. The van der Waals surface area contributed by atoms with Crippen LogP contribution in [-0.2, 0) is 5.60 Å². The van der Waals surface area contributed by atoms with Crippen LogP contribution in [0.1, 0.15) is 12.5 Å². The maximum absolute atomic E-state index is 10.5. The fourth-order valence-electron chi connectivity index (χ4n) is 2.05. The van der Waals surface area contributed by atoms with Crippen LogP contribution in [0.25, 0.3) is 0 Å². The van der Waals surface area contributed by atoms with Gasteiger partial charge in [-0.25, -0.2) is 0 Å². The molecule has 0 aromatic heterocycles. The molecule has 1 aliphatic heterocycles. The number of phenolic OH excluding ortho intramolecular Hbond substituents is 1. The lowest BCUT2D eigenvalue weighted by Crippen LogP contribution is -2.57. The van der Waals surface area contributed by atoms with E-state index in [-0.39, 0.29) is 11.8 Å². The fraction of sp³-hybridized carbons (Fsp3) is 0.500. The summed E-state index contributed by atoms with van der Waals surface area (Å²) in [6, 6.07) is 6.70. The van der Waals surface area contributed by atoms with E-state index in [2.05, 4.69) is 10.6 Å². The highest BCUT2D eigenvalue weighted by Crippen LogP contribution is 2.26. The van der Waals surface area contributed by atoms with E-state index in [1.165, 1.54) is 0 Å². The summed E-state index contributed by atoms with van der Waals surface area (Å²) in [6.07, 6.45) is 0. The Bertz CT molecular complexity index is 343. The Labute approximate surface area is 95.3 Å². The van der Waals surface area contributed by atoms with Crippen molar-refractivity contribution in [1.29, 1.82) is 0 Å². The van der Waals surface area contributed by atoms with Gasteiger partial charge in [0.1, 0.15) is 11.4 Å². The zero-order valence-corrected chi connectivity index (χ0v) is 9.40. The second kappa shape index (κ2) is 4.41. The Morgan fingerprint density at radius 2 is 1.94 bits per heavy atom. The smallest absolute Gasteiger partial charge is 0.115 e. The number of hydrogen-bond donors (Lipinski definition) is 4. The molecule has 16 heavy (non-hydrogen) atoms. The zero-order chi connectivity index (χ0) is 11.6. The summed E-state index contributed by atoms with van der Waals surface area (Å²) >= 11 is 0. The van der Waals surface area contributed by atoms with Crippen LogP contribution in [0.15, 0.2) is 24.3 Å². The highest BCUT2D eigenvalue weighted by atomic mass is 16.3. The Morgan fingerprint density at radius 1 is 1.25 bits per heavy atom. The molecule has 4 nitrogen and oxygen atoms in total. The first-order valence-corrected chi connectivity index (χ1v) is 5.56. The third-order valence-corrected chi connectivity index (χ3v) is 3.17. The summed E-state index contributed by atoms with van der Waals surface area (Å²) in [4.78, 5) is 0. The molecular formula is C12H18N2O2. The lowest BCUT2D eigenvalue weighted by molar-refractivity contribution is 0.0105. The van der Waals surface area contributed by atoms with Gasteiger partial charge in [-0.2, -0.15) is 0 Å². The molecule has 2 atom stereocenters. The number of phenols is 1. The molecule has 4 N–H and O–H groups in total. The minimum Gasteiger partial charge on any atom is -0.508 e. The number of aromatic hydroxyl groups is 1. The highest BCUT2D eigenvalue weighted by Gasteiger charge is 2.34. The van der Waals surface area contributed by atoms with Crippen molar-refractivity contribution in [1.82, 2.24) is 10.6 Å². The van der Waals surface area contributed by atoms with Crippen molar-refractivity contribution in [2.45, 2.75) is 18.6 Å². The number of rotatable bonds is 2. The van der Waals surface area contributed by atoms with Crippen LogP contribution in [0.4, 0.5) is 0 Å². The lowest BCUT2D eigenvalue weighted by Gasteiger charge is -2.37. The van der Waals surface area contributed by atoms with Crippen molar-refractivity contribution in [2.24, 2.45) is 0 Å². The molecule has 0 aliphatic carbocycles. The van der Waals surface area contributed by atoms with Crippen molar-refractivity contribution in [2.75, 3.05) is 19.6 Å². The summed E-state index contributed by atoms with van der Waals surface area (Å²) in [7, 11) is 0. The quantitative estimate of drug-likeness (QED) is 0.575. The van der Waals surface area contributed by atoms with Crippen molar-refractivity contribution >= 4 is 0 Å². The van der Waals surface area contributed by atoms with Gasteiger partial charge in [-0.05, 0) is 24.6 Å². The van der Waals surface area contributed by atoms with E-state index in [0.717, 1.165) is 25.2 Å². The molecule has 0 bridgehead atoms. The Morgan fingerprint density at radius 3 is 2.50 bits per heavy atom. The summed E-state index contributed by atoms with van der Waals surface area (Å²) in [5.41, 5.74) is -0.118. The minimum atomic E-state index is -0.929. The fourth-order valence-corrected chi connectivity index (χ4v) is 2.05. The highest BCUT2D eigenvalue weighted by molar-refractivity contribution is 5.30. The minimum absolute atomic E-state index is 0.00853. The first-order chi connectivity index (χ1) is 7.60. The number of benzene rings is 1. The average molecular weight is 222 g/mol. The molecule has 4 heteroatoms. The van der Waals surface area contributed by atoms with Gasteiger partial charge in [0.15, 0.2) is 0 Å². The van der Waals surface area contributed by atoms with Crippen molar-refractivity contribution in [3.63, 3.8) is 0 Å². The van der Waals surface area contributed by atoms with Crippen LogP contribution in [0.3, 0.4) is 0 Å². The Hall–Kier alpha value is -1.10. The molecule has 1 aliphatic rings. The molecule has 0 saturated carbocycles. The van der Waals surface area contributed by atoms with Crippen LogP contribution >= 0.6 is 0 Å². The van der Waals surface area contributed by atoms with Crippen LogP contribution in [0.5, 0.6) is 5.75 Å². The van der Waals surface area contributed by atoms with E-state index < -0.39 is 5.60 Å². The van der Waals surface area contributed by atoms with Crippen molar-refractivity contribution < 1.29 is 10.2 Å². The first kappa shape index (κ1) is 11.4. The standard InChI is InChI=1S/C12H18N2O2/c1-12(16,11-8-13-6-7-14-11)9-2-4-10(15)5-3-9/h2-5,11,13-16H,6-8H2,1H3. The van der Waals surface area contributed by atoms with Crippen molar-refractivity contribution in [3.05, 3.63) is 29.8 Å². The monoisotopic (exact) mass is 222 g/mol. The number of aliphatic hydroxyl groups is 1. The second-order valence-electron chi connectivity index (χ2n) is 4.41. The van der Waals surface area contributed by atoms with E-state index in [4.69, 9.17) is 0 Å². The van der Waals surface area contributed by atoms with Gasteiger partial charge in [0, 0.05) is 19.6 Å². The van der Waals surface area contributed by atoms with Crippen LogP contribution in [0, 0.1) is 0 Å². The van der Waals surface area contributed by atoms with Gasteiger partial charge in [-0.15, -0.1) is 0 Å². The lowest BCUT2D eigenvalue weighted by atomic mass is 9.87. The molecular weight excluding hydrogens is 204 g/mol. The predicted octanol–water partition coefficient (Wildman–Crippen LogP) is 0.161. The average Bonchev–Trinajstić information content (AvgIpc) is 2.31. The largest absolute Gasteiger partial charge is 0.508 e. The van der Waals surface area contributed by atoms with E-state index in [0.29, 0.717) is 0 Å². The summed E-state index contributed by atoms with van der Waals surface area (Å²) in [5.74, 6) is 0.217. The van der Waals surface area contributed by atoms with E-state index >= 15 is 0 Å². The second-order valence-corrected chi connectivity index (χ2v) is 4.41. The van der Waals surface area contributed by atoms with E-state index in [1.807, 2.05) is 0 Å². The molecule has 2 rings (SSSR count). The Balaban J connectivity index is 2.19. The van der Waals surface area contributed by atoms with E-state index in [1.54, 1.807) is 31.2 Å². The molecule has 2 unspecified atom stereocenters. The molecule has 0 amide bonds. The summed E-state index contributed by atoms with van der Waals surface area (Å²) in [6.45, 7) is 4.33. The van der Waals surface area contributed by atoms with Crippen molar-refractivity contribution in [3.8, 4) is 5.75 Å². The maximum Gasteiger partial charge on any atom is 0.115 e. The van der Waals surface area contributed by atoms with Gasteiger partial charge in [0.2, 0.25) is 0 Å². The van der Waals surface area contributed by atoms with Crippen LogP contribution in [0.2, 0.25) is 0 Å². The molecule has 1 fully saturated rings. The molecule has 1 aromatic rings. The maximum atomic E-state index is 10.5. The molecule has 88 valence electrons.